The fraction of sp³-hybridized carbons (Fsp3) is 0.920. The second kappa shape index (κ2) is 26.0. The SMILES string of the molecule is CCCCCCCCCC(=O)O[C@H](COP=O)COC(=O)CCCCCCCCCCCS. The molecule has 0 rings (SSSR count). The highest BCUT2D eigenvalue weighted by Gasteiger charge is 2.17. The molecule has 6 nitrogen and oxygen atoms in total. The van der Waals surface area contributed by atoms with Gasteiger partial charge in [0.05, 0.1) is 0 Å². The number of carbonyl (C=O) groups excluding carboxylic acids is 2. The minimum absolute atomic E-state index is 0.0604. The number of esters is 2. The van der Waals surface area contributed by atoms with E-state index in [-0.39, 0.29) is 25.2 Å². The Morgan fingerprint density at radius 2 is 1.18 bits per heavy atom. The first kappa shape index (κ1) is 32.4. The number of unbranched alkanes of at least 4 members (excludes halogenated alkanes) is 14. The molecule has 0 spiro atoms. The van der Waals surface area contributed by atoms with Crippen molar-refractivity contribution in [2.75, 3.05) is 19.0 Å². The molecule has 0 aromatic rings. The average molecular weight is 507 g/mol. The Balaban J connectivity index is 3.85. The zero-order valence-electron chi connectivity index (χ0n) is 20.8. The van der Waals surface area contributed by atoms with E-state index in [2.05, 4.69) is 19.6 Å². The van der Waals surface area contributed by atoms with Gasteiger partial charge in [-0.3, -0.25) is 14.1 Å². The summed E-state index contributed by atoms with van der Waals surface area (Å²) in [4.78, 5) is 24.1. The van der Waals surface area contributed by atoms with Gasteiger partial charge in [0.15, 0.2) is 6.10 Å². The molecule has 0 heterocycles. The number of hydrogen-bond donors (Lipinski definition) is 1. The Kier molecular flexibility index (Phi) is 25.5. The molecule has 1 atom stereocenters. The lowest BCUT2D eigenvalue weighted by molar-refractivity contribution is -0.160. The Bertz CT molecular complexity index is 478. The summed E-state index contributed by atoms with van der Waals surface area (Å²) in [6, 6.07) is 0. The van der Waals surface area contributed by atoms with Crippen molar-refractivity contribution in [3.8, 4) is 0 Å². The molecule has 8 heteroatoms. The summed E-state index contributed by atoms with van der Waals surface area (Å²) in [7, 11) is -0.487. The van der Waals surface area contributed by atoms with Crippen LogP contribution in [0.4, 0.5) is 0 Å². The maximum Gasteiger partial charge on any atom is 0.327 e. The van der Waals surface area contributed by atoms with Crippen LogP contribution in [0.1, 0.15) is 122 Å². The second-order valence-corrected chi connectivity index (χ2v) is 9.55. The van der Waals surface area contributed by atoms with Crippen LogP contribution in [0.5, 0.6) is 0 Å². The number of thiol groups is 1. The Morgan fingerprint density at radius 3 is 1.70 bits per heavy atom. The average Bonchev–Trinajstić information content (AvgIpc) is 2.81. The van der Waals surface area contributed by atoms with Crippen LogP contribution in [0.2, 0.25) is 0 Å². The molecule has 0 fully saturated rings. The lowest BCUT2D eigenvalue weighted by atomic mass is 10.1. The van der Waals surface area contributed by atoms with Crippen molar-refractivity contribution in [2.24, 2.45) is 0 Å². The summed E-state index contributed by atoms with van der Waals surface area (Å²) in [6.45, 7) is 2.06. The first-order valence-electron chi connectivity index (χ1n) is 13.0. The van der Waals surface area contributed by atoms with Crippen LogP contribution in [0.3, 0.4) is 0 Å². The third-order valence-electron chi connectivity index (χ3n) is 5.56. The van der Waals surface area contributed by atoms with Crippen LogP contribution in [0.25, 0.3) is 0 Å². The van der Waals surface area contributed by atoms with Gasteiger partial charge < -0.3 is 9.47 Å². The molecule has 0 unspecified atom stereocenters. The highest BCUT2D eigenvalue weighted by Crippen LogP contribution is 2.12. The van der Waals surface area contributed by atoms with Gasteiger partial charge in [0.1, 0.15) is 13.2 Å². The molecule has 0 saturated carbocycles. The summed E-state index contributed by atoms with van der Waals surface area (Å²) in [5.74, 6) is 0.347. The van der Waals surface area contributed by atoms with Crippen molar-refractivity contribution in [3.63, 3.8) is 0 Å². The van der Waals surface area contributed by atoms with Gasteiger partial charge in [-0.2, -0.15) is 12.6 Å². The standard InChI is InChI=1S/C25H47O6PS/c1-2-3-4-5-9-13-16-19-25(27)31-23(22-30-32-28)21-29-24(26)18-15-12-10-7-6-8-11-14-17-20-33/h23,33H,2-22H2,1H3/t23-/m0/s1. The van der Waals surface area contributed by atoms with E-state index in [0.717, 1.165) is 44.3 Å². The molecule has 0 N–H and O–H groups in total. The Morgan fingerprint density at radius 1 is 0.697 bits per heavy atom. The van der Waals surface area contributed by atoms with Crippen molar-refractivity contribution in [2.45, 2.75) is 129 Å². The van der Waals surface area contributed by atoms with Gasteiger partial charge in [0.25, 0.3) is 0 Å². The molecule has 0 saturated heterocycles. The molecular weight excluding hydrogens is 459 g/mol. The van der Waals surface area contributed by atoms with E-state index in [4.69, 9.17) is 14.0 Å². The van der Waals surface area contributed by atoms with Crippen molar-refractivity contribution in [1.29, 1.82) is 0 Å². The summed E-state index contributed by atoms with van der Waals surface area (Å²) in [6.07, 6.45) is 18.3. The number of hydrogen-bond acceptors (Lipinski definition) is 7. The van der Waals surface area contributed by atoms with Gasteiger partial charge in [0.2, 0.25) is 0 Å². The monoisotopic (exact) mass is 506 g/mol. The number of rotatable bonds is 25. The van der Waals surface area contributed by atoms with Crippen molar-refractivity contribution in [3.05, 3.63) is 0 Å². The quantitative estimate of drug-likeness (QED) is 0.0593. The van der Waals surface area contributed by atoms with Crippen LogP contribution >= 0.6 is 21.3 Å². The summed E-state index contributed by atoms with van der Waals surface area (Å²) < 4.78 is 26.0. The Hall–Kier alpha value is -0.650. The lowest BCUT2D eigenvalue weighted by Crippen LogP contribution is -2.28. The predicted octanol–water partition coefficient (Wildman–Crippen LogP) is 7.64. The topological polar surface area (TPSA) is 78.9 Å². The van der Waals surface area contributed by atoms with Crippen molar-refractivity contribution < 1.29 is 28.2 Å². The van der Waals surface area contributed by atoms with E-state index in [9.17, 15) is 14.2 Å². The molecule has 0 aliphatic rings. The molecule has 0 aromatic heterocycles. The van der Waals surface area contributed by atoms with Crippen molar-refractivity contribution >= 4 is 33.3 Å². The van der Waals surface area contributed by atoms with Crippen LogP contribution in [-0.2, 0) is 28.2 Å². The normalized spacial score (nSPS) is 12.1. The zero-order valence-corrected chi connectivity index (χ0v) is 22.6. The van der Waals surface area contributed by atoms with Gasteiger partial charge in [-0.05, 0) is 25.0 Å². The molecular formula is C25H47O6PS. The number of ether oxygens (including phenoxy) is 2. The lowest BCUT2D eigenvalue weighted by Gasteiger charge is -2.16. The second-order valence-electron chi connectivity index (χ2n) is 8.69. The van der Waals surface area contributed by atoms with Crippen LogP contribution in [-0.4, -0.2) is 37.0 Å². The summed E-state index contributed by atoms with van der Waals surface area (Å²) >= 11 is 4.22. The molecule has 0 radical (unpaired) electrons. The van der Waals surface area contributed by atoms with E-state index in [1.54, 1.807) is 0 Å². The Labute approximate surface area is 209 Å². The van der Waals surface area contributed by atoms with E-state index >= 15 is 0 Å². The van der Waals surface area contributed by atoms with E-state index in [1.165, 1.54) is 64.2 Å². The molecule has 0 amide bonds. The first-order chi connectivity index (χ1) is 16.1. The fourth-order valence-electron chi connectivity index (χ4n) is 3.58. The molecule has 0 aliphatic heterocycles. The maximum atomic E-state index is 12.1. The first-order valence-corrected chi connectivity index (χ1v) is 14.4. The minimum Gasteiger partial charge on any atom is -0.462 e. The summed E-state index contributed by atoms with van der Waals surface area (Å²) in [5, 5.41) is 0. The molecule has 33 heavy (non-hydrogen) atoms. The van der Waals surface area contributed by atoms with Gasteiger partial charge >= 0.3 is 20.6 Å². The largest absolute Gasteiger partial charge is 0.462 e. The van der Waals surface area contributed by atoms with Crippen LogP contribution < -0.4 is 0 Å². The molecule has 194 valence electrons. The van der Waals surface area contributed by atoms with Gasteiger partial charge in [-0.25, -0.2) is 4.57 Å². The maximum absolute atomic E-state index is 12.1. The fourth-order valence-corrected chi connectivity index (χ4v) is 4.03. The molecule has 0 aromatic carbocycles. The van der Waals surface area contributed by atoms with Crippen molar-refractivity contribution in [1.82, 2.24) is 0 Å². The smallest absolute Gasteiger partial charge is 0.327 e. The highest BCUT2D eigenvalue weighted by molar-refractivity contribution is 7.80. The highest BCUT2D eigenvalue weighted by atomic mass is 32.1. The molecule has 0 aliphatic carbocycles. The van der Waals surface area contributed by atoms with Gasteiger partial charge in [-0.1, -0.05) is 90.4 Å². The van der Waals surface area contributed by atoms with Crippen LogP contribution in [0, 0.1) is 0 Å². The predicted molar refractivity (Wildman–Crippen MR) is 137 cm³/mol. The van der Waals surface area contributed by atoms with Gasteiger partial charge in [-0.15, -0.1) is 0 Å². The molecule has 0 bridgehead atoms. The third-order valence-corrected chi connectivity index (χ3v) is 6.14. The van der Waals surface area contributed by atoms with E-state index < -0.39 is 14.8 Å². The third kappa shape index (κ3) is 24.3. The van der Waals surface area contributed by atoms with E-state index in [1.807, 2.05) is 0 Å². The van der Waals surface area contributed by atoms with E-state index in [0.29, 0.717) is 12.8 Å². The minimum atomic E-state index is -0.727. The zero-order chi connectivity index (χ0) is 24.4. The van der Waals surface area contributed by atoms with Crippen LogP contribution in [0.15, 0.2) is 0 Å². The van der Waals surface area contributed by atoms with Gasteiger partial charge in [0, 0.05) is 12.8 Å². The number of carbonyl (C=O) groups is 2. The summed E-state index contributed by atoms with van der Waals surface area (Å²) in [5.41, 5.74) is 0.